The van der Waals surface area contributed by atoms with Gasteiger partial charge in [0.1, 0.15) is 0 Å². The lowest BCUT2D eigenvalue weighted by atomic mass is 10.0. The fourth-order valence-electron chi connectivity index (χ4n) is 2.24. The highest BCUT2D eigenvalue weighted by molar-refractivity contribution is 6.21. The predicted molar refractivity (Wildman–Crippen MR) is 65.7 cm³/mol. The van der Waals surface area contributed by atoms with E-state index in [1.807, 2.05) is 6.07 Å². The van der Waals surface area contributed by atoms with E-state index in [9.17, 15) is 0 Å². The smallest absolute Gasteiger partial charge is 0.161 e. The van der Waals surface area contributed by atoms with Crippen LogP contribution in [0.2, 0.25) is 0 Å². The number of methoxy groups -OCH3 is 2. The zero-order valence-corrected chi connectivity index (χ0v) is 10.5. The lowest BCUT2D eigenvalue weighted by Crippen LogP contribution is -1.98. The lowest BCUT2D eigenvalue weighted by molar-refractivity contribution is 0.354. The highest BCUT2D eigenvalue weighted by Crippen LogP contribution is 2.39. The van der Waals surface area contributed by atoms with Crippen molar-refractivity contribution in [3.8, 4) is 11.5 Å². The maximum absolute atomic E-state index is 6.38. The van der Waals surface area contributed by atoms with Crippen LogP contribution in [0.4, 0.5) is 0 Å². The van der Waals surface area contributed by atoms with Crippen LogP contribution in [0, 0.1) is 0 Å². The molecule has 3 heteroatoms. The number of rotatable bonds is 2. The van der Waals surface area contributed by atoms with Gasteiger partial charge < -0.3 is 9.47 Å². The third-order valence-corrected chi connectivity index (χ3v) is 3.59. The van der Waals surface area contributed by atoms with Gasteiger partial charge in [0.05, 0.1) is 19.6 Å². The summed E-state index contributed by atoms with van der Waals surface area (Å²) in [5.41, 5.74) is 2.51. The molecule has 1 unspecified atom stereocenters. The third kappa shape index (κ3) is 2.12. The molecule has 0 fully saturated rings. The molecule has 2 nitrogen and oxygen atoms in total. The van der Waals surface area contributed by atoms with E-state index in [0.29, 0.717) is 0 Å². The number of alkyl halides is 1. The average molecular weight is 241 g/mol. The van der Waals surface area contributed by atoms with Crippen molar-refractivity contribution >= 4 is 11.6 Å². The van der Waals surface area contributed by atoms with Gasteiger partial charge in [0.15, 0.2) is 11.5 Å². The van der Waals surface area contributed by atoms with Crippen LogP contribution in [0.3, 0.4) is 0 Å². The Balaban J connectivity index is 2.47. The number of halogens is 1. The summed E-state index contributed by atoms with van der Waals surface area (Å²) >= 11 is 6.38. The molecule has 1 aromatic carbocycles. The minimum absolute atomic E-state index is 0.109. The molecule has 88 valence electrons. The molecule has 16 heavy (non-hydrogen) atoms. The van der Waals surface area contributed by atoms with Gasteiger partial charge in [-0.1, -0.05) is 6.42 Å². The van der Waals surface area contributed by atoms with Gasteiger partial charge in [-0.3, -0.25) is 0 Å². The van der Waals surface area contributed by atoms with Crippen molar-refractivity contribution in [2.75, 3.05) is 14.2 Å². The second-order valence-electron chi connectivity index (χ2n) is 4.12. The molecular weight excluding hydrogens is 224 g/mol. The fraction of sp³-hybridized carbons (Fsp3) is 0.538. The van der Waals surface area contributed by atoms with Crippen LogP contribution >= 0.6 is 11.6 Å². The highest BCUT2D eigenvalue weighted by Gasteiger charge is 2.19. The number of hydrogen-bond acceptors (Lipinski definition) is 2. The monoisotopic (exact) mass is 240 g/mol. The Labute approximate surface area is 102 Å². The van der Waals surface area contributed by atoms with Crippen molar-refractivity contribution in [2.24, 2.45) is 0 Å². The molecule has 0 aliphatic heterocycles. The first-order valence-corrected chi connectivity index (χ1v) is 6.08. The van der Waals surface area contributed by atoms with Crippen molar-refractivity contribution < 1.29 is 9.47 Å². The van der Waals surface area contributed by atoms with Crippen LogP contribution in [0.5, 0.6) is 11.5 Å². The minimum Gasteiger partial charge on any atom is -0.493 e. The van der Waals surface area contributed by atoms with Crippen molar-refractivity contribution in [1.82, 2.24) is 0 Å². The van der Waals surface area contributed by atoms with E-state index in [1.165, 1.54) is 24.0 Å². The molecule has 0 aromatic heterocycles. The van der Waals surface area contributed by atoms with Gasteiger partial charge in [-0.25, -0.2) is 0 Å². The van der Waals surface area contributed by atoms with Gasteiger partial charge in [-0.2, -0.15) is 0 Å². The summed E-state index contributed by atoms with van der Waals surface area (Å²) in [4.78, 5) is 0. The largest absolute Gasteiger partial charge is 0.493 e. The van der Waals surface area contributed by atoms with Gasteiger partial charge in [0, 0.05) is 0 Å². The van der Waals surface area contributed by atoms with Crippen molar-refractivity contribution in [3.05, 3.63) is 23.3 Å². The maximum Gasteiger partial charge on any atom is 0.161 e. The van der Waals surface area contributed by atoms with Crippen LogP contribution in [-0.4, -0.2) is 14.2 Å². The number of ether oxygens (including phenoxy) is 2. The molecule has 0 saturated carbocycles. The van der Waals surface area contributed by atoms with E-state index in [1.54, 1.807) is 14.2 Å². The van der Waals surface area contributed by atoms with Crippen LogP contribution < -0.4 is 9.47 Å². The summed E-state index contributed by atoms with van der Waals surface area (Å²) in [5, 5.41) is 0.109. The fourth-order valence-corrected chi connectivity index (χ4v) is 2.60. The Kier molecular flexibility index (Phi) is 3.59. The number of hydrogen-bond donors (Lipinski definition) is 0. The normalized spacial score (nSPS) is 19.8. The first kappa shape index (κ1) is 11.6. The summed E-state index contributed by atoms with van der Waals surface area (Å²) in [6.07, 6.45) is 4.52. The molecule has 0 spiro atoms. The van der Waals surface area contributed by atoms with Crippen molar-refractivity contribution in [2.45, 2.75) is 31.1 Å². The quantitative estimate of drug-likeness (QED) is 0.580. The standard InChI is InChI=1S/C13H17ClO2/c1-15-12-7-9-5-3-4-6-11(14)10(9)8-13(12)16-2/h7-8,11H,3-6H2,1-2H3. The van der Waals surface area contributed by atoms with E-state index < -0.39 is 0 Å². The molecule has 0 N–H and O–H groups in total. The number of fused-ring (bicyclic) bond motifs is 1. The Morgan fingerprint density at radius 2 is 1.81 bits per heavy atom. The second-order valence-corrected chi connectivity index (χ2v) is 4.65. The van der Waals surface area contributed by atoms with Crippen LogP contribution in [0.15, 0.2) is 12.1 Å². The predicted octanol–water partition coefficient (Wildman–Crippen LogP) is 3.71. The van der Waals surface area contributed by atoms with E-state index in [2.05, 4.69) is 6.07 Å². The SMILES string of the molecule is COc1cc2c(cc1OC)C(Cl)CCCC2. The first-order valence-electron chi connectivity index (χ1n) is 5.65. The summed E-state index contributed by atoms with van der Waals surface area (Å²) in [6.45, 7) is 0. The minimum atomic E-state index is 0.109. The summed E-state index contributed by atoms with van der Waals surface area (Å²) in [7, 11) is 3.32. The molecule has 0 bridgehead atoms. The van der Waals surface area contributed by atoms with Crippen molar-refractivity contribution in [3.63, 3.8) is 0 Å². The molecule has 1 aromatic rings. The Morgan fingerprint density at radius 3 is 2.50 bits per heavy atom. The average Bonchev–Trinajstić information content (AvgIpc) is 2.49. The Morgan fingerprint density at radius 1 is 1.12 bits per heavy atom. The molecule has 0 heterocycles. The van der Waals surface area contributed by atoms with Gasteiger partial charge in [0.2, 0.25) is 0 Å². The van der Waals surface area contributed by atoms with Crippen LogP contribution in [0.1, 0.15) is 35.8 Å². The van der Waals surface area contributed by atoms with E-state index in [4.69, 9.17) is 21.1 Å². The Hall–Kier alpha value is -0.890. The van der Waals surface area contributed by atoms with Gasteiger partial charge in [0.25, 0.3) is 0 Å². The molecular formula is C13H17ClO2. The van der Waals surface area contributed by atoms with E-state index in [0.717, 1.165) is 24.3 Å². The summed E-state index contributed by atoms with van der Waals surface area (Å²) < 4.78 is 10.6. The maximum atomic E-state index is 6.38. The van der Waals surface area contributed by atoms with Gasteiger partial charge in [-0.15, -0.1) is 11.6 Å². The molecule has 0 saturated heterocycles. The topological polar surface area (TPSA) is 18.5 Å². The zero-order valence-electron chi connectivity index (χ0n) is 9.75. The summed E-state index contributed by atoms with van der Waals surface area (Å²) in [5.74, 6) is 1.57. The van der Waals surface area contributed by atoms with Gasteiger partial charge >= 0.3 is 0 Å². The van der Waals surface area contributed by atoms with E-state index >= 15 is 0 Å². The summed E-state index contributed by atoms with van der Waals surface area (Å²) in [6, 6.07) is 4.09. The Bertz CT molecular complexity index is 376. The van der Waals surface area contributed by atoms with E-state index in [-0.39, 0.29) is 5.38 Å². The molecule has 1 aliphatic rings. The first-order chi connectivity index (χ1) is 7.76. The van der Waals surface area contributed by atoms with Crippen LogP contribution in [0.25, 0.3) is 0 Å². The van der Waals surface area contributed by atoms with Crippen LogP contribution in [-0.2, 0) is 6.42 Å². The molecule has 0 amide bonds. The number of aryl methyl sites for hydroxylation is 1. The molecule has 0 radical (unpaired) electrons. The second kappa shape index (κ2) is 4.96. The zero-order chi connectivity index (χ0) is 11.5. The molecule has 2 rings (SSSR count). The molecule has 1 atom stereocenters. The lowest BCUT2D eigenvalue weighted by Gasteiger charge is -2.15. The highest BCUT2D eigenvalue weighted by atomic mass is 35.5. The number of benzene rings is 1. The molecule has 1 aliphatic carbocycles. The third-order valence-electron chi connectivity index (χ3n) is 3.14. The van der Waals surface area contributed by atoms with Gasteiger partial charge in [-0.05, 0) is 42.5 Å². The van der Waals surface area contributed by atoms with Crippen molar-refractivity contribution in [1.29, 1.82) is 0 Å².